The minimum Gasteiger partial charge on any atom is -0.545 e. The van der Waals surface area contributed by atoms with Gasteiger partial charge in [-0.1, -0.05) is 96.8 Å². The number of carboxylic acids is 5. The maximum absolute atomic E-state index is 11.4. The largest absolute Gasteiger partial charge is 2.00 e. The monoisotopic (exact) mass is 770 g/mol. The first kappa shape index (κ1) is 47.8. The van der Waals surface area contributed by atoms with Gasteiger partial charge in [-0.3, -0.25) is 9.59 Å². The molecule has 0 saturated carbocycles. The third kappa shape index (κ3) is 24.8. The second-order valence-corrected chi connectivity index (χ2v) is 11.4. The van der Waals surface area contributed by atoms with E-state index in [-0.39, 0.29) is 23.5 Å². The summed E-state index contributed by atoms with van der Waals surface area (Å²) in [4.78, 5) is 66.1. The average Bonchev–Trinajstić information content (AvgIpc) is 3.76. The van der Waals surface area contributed by atoms with Gasteiger partial charge in [-0.15, -0.1) is 0 Å². The third-order valence-electron chi connectivity index (χ3n) is 7.33. The molecule has 0 bridgehead atoms. The summed E-state index contributed by atoms with van der Waals surface area (Å²) in [6, 6.07) is 0. The molecule has 15 nitrogen and oxygen atoms in total. The molecule has 50 heavy (non-hydrogen) atoms. The number of hydrogen-bond donors (Lipinski definition) is 6. The molecular weight excluding hydrogens is 719 g/mol. The van der Waals surface area contributed by atoms with Crippen molar-refractivity contribution in [2.45, 2.75) is 115 Å². The van der Waals surface area contributed by atoms with Gasteiger partial charge < -0.3 is 50.2 Å². The number of aliphatic carboxylic acids is 5. The molecule has 2 aromatic heterocycles. The van der Waals surface area contributed by atoms with Gasteiger partial charge >= 0.3 is 35.0 Å². The number of nitrogens with one attached hydrogen (secondary N) is 2. The number of carbonyl (C=O) groups excluding carboxylic acids is 2. The molecule has 2 unspecified atom stereocenters. The number of aliphatic hydroxyl groups is 1. The Morgan fingerprint density at radius 2 is 1.10 bits per heavy atom. The van der Waals surface area contributed by atoms with E-state index >= 15 is 0 Å². The molecule has 2 aromatic rings. The minimum absolute atomic E-state index is 0. The Kier molecular flexibility index (Phi) is 28.4. The predicted molar refractivity (Wildman–Crippen MR) is 182 cm³/mol. The second-order valence-electron chi connectivity index (χ2n) is 11.4. The molecule has 0 spiro atoms. The minimum atomic E-state index is -2.78. The summed E-state index contributed by atoms with van der Waals surface area (Å²) in [5.41, 5.74) is -1.64. The summed E-state index contributed by atoms with van der Waals surface area (Å²) in [5.74, 6) is -8.90. The first-order valence-electron chi connectivity index (χ1n) is 16.5. The summed E-state index contributed by atoms with van der Waals surface area (Å²) < 4.78 is 0. The quantitative estimate of drug-likeness (QED) is 0.0510. The molecule has 0 aromatic carbocycles. The summed E-state index contributed by atoms with van der Waals surface area (Å²) in [7, 11) is 0. The SMILES string of the molecule is CCCCCCCCCCCCCCCCC(C(=O)O)C(O)(CC(=O)O)C(=O)O.O=C([O-])C=Cc1c[nH]cn1.O=C([O-])C=Cc1c[nH]cn1.[Se+2]. The maximum Gasteiger partial charge on any atom is 2.00 e. The zero-order chi connectivity index (χ0) is 36.9. The van der Waals surface area contributed by atoms with Crippen molar-refractivity contribution < 1.29 is 54.6 Å². The molecule has 2 heterocycles. The smallest absolute Gasteiger partial charge is 0.545 e. The van der Waals surface area contributed by atoms with Crippen molar-refractivity contribution in [2.75, 3.05) is 0 Å². The van der Waals surface area contributed by atoms with Gasteiger partial charge in [0.15, 0.2) is 5.60 Å². The van der Waals surface area contributed by atoms with E-state index in [1.54, 1.807) is 12.4 Å². The van der Waals surface area contributed by atoms with Crippen LogP contribution in [0.4, 0.5) is 0 Å². The molecule has 0 saturated heterocycles. The van der Waals surface area contributed by atoms with Crippen molar-refractivity contribution in [3.63, 3.8) is 0 Å². The number of aromatic nitrogens is 4. The Labute approximate surface area is 302 Å². The van der Waals surface area contributed by atoms with E-state index in [0.717, 1.165) is 37.8 Å². The average molecular weight is 770 g/mol. The van der Waals surface area contributed by atoms with E-state index in [1.165, 1.54) is 82.6 Å². The standard InChI is InChI=1S/C22H40O7.2C6H6N2O2.Se/c1-2-3-4-5-6-7-8-9-10-11-12-13-14-15-16-18(20(25)26)22(29,21(27)28)17-19(23)24;2*9-6(10)2-1-5-3-7-4-8-5;/h18,29H,2-17H2,1H3,(H,23,24)(H,25,26)(H,27,28);2*1-4H,(H,7,8)(H,9,10);/q;;;+2/p-2. The van der Waals surface area contributed by atoms with Gasteiger partial charge in [0.2, 0.25) is 0 Å². The first-order chi connectivity index (χ1) is 23.3. The van der Waals surface area contributed by atoms with Crippen LogP contribution in [0.1, 0.15) is 121 Å². The van der Waals surface area contributed by atoms with Gasteiger partial charge in [0.25, 0.3) is 0 Å². The third-order valence-corrected chi connectivity index (χ3v) is 7.33. The number of nitrogens with zero attached hydrogens (tertiary/aromatic N) is 2. The van der Waals surface area contributed by atoms with Crippen LogP contribution in [0, 0.1) is 5.92 Å². The fourth-order valence-corrected chi connectivity index (χ4v) is 4.72. The number of rotatable bonds is 24. The van der Waals surface area contributed by atoms with Gasteiger partial charge in [-0.2, -0.15) is 0 Å². The van der Waals surface area contributed by atoms with Crippen LogP contribution in [0.3, 0.4) is 0 Å². The van der Waals surface area contributed by atoms with Crippen LogP contribution in [0.25, 0.3) is 12.2 Å². The van der Waals surface area contributed by atoms with Gasteiger partial charge in [-0.25, -0.2) is 14.8 Å². The van der Waals surface area contributed by atoms with E-state index in [4.69, 9.17) is 10.2 Å². The van der Waals surface area contributed by atoms with E-state index in [0.29, 0.717) is 17.8 Å². The first-order valence-corrected chi connectivity index (χ1v) is 16.5. The molecule has 2 atom stereocenters. The van der Waals surface area contributed by atoms with Crippen LogP contribution in [-0.2, 0) is 24.0 Å². The molecule has 0 amide bonds. The molecule has 16 heteroatoms. The van der Waals surface area contributed by atoms with Gasteiger partial charge in [-0.05, 0) is 30.7 Å². The molecule has 0 aliphatic heterocycles. The molecule has 0 fully saturated rings. The normalized spacial score (nSPS) is 12.4. The van der Waals surface area contributed by atoms with Crippen LogP contribution < -0.4 is 10.2 Å². The topological polar surface area (TPSA) is 270 Å². The van der Waals surface area contributed by atoms with Crippen molar-refractivity contribution >= 4 is 59.1 Å². The fraction of sp³-hybridized carbons (Fsp3) is 0.559. The van der Waals surface area contributed by atoms with Gasteiger partial charge in [0.1, 0.15) is 0 Å². The molecule has 0 aliphatic rings. The van der Waals surface area contributed by atoms with Crippen LogP contribution >= 0.6 is 0 Å². The summed E-state index contributed by atoms with van der Waals surface area (Å²) >= 11 is 0. The number of hydrogen-bond acceptors (Lipinski definition) is 10. The van der Waals surface area contributed by atoms with E-state index in [2.05, 4.69) is 26.9 Å². The summed E-state index contributed by atoms with van der Waals surface area (Å²) in [6.07, 6.45) is 25.4. The van der Waals surface area contributed by atoms with Crippen LogP contribution in [0.5, 0.6) is 0 Å². The Hall–Kier alpha value is -4.27. The van der Waals surface area contributed by atoms with Crippen molar-refractivity contribution in [1.29, 1.82) is 0 Å². The number of aromatic amines is 2. The predicted octanol–water partition coefficient (Wildman–Crippen LogP) is 2.81. The zero-order valence-electron chi connectivity index (χ0n) is 28.5. The molecule has 2 rings (SSSR count). The molecule has 278 valence electrons. The van der Waals surface area contributed by atoms with Gasteiger partial charge in [0.05, 0.1) is 48.3 Å². The summed E-state index contributed by atoms with van der Waals surface area (Å²) in [6.45, 7) is 2.22. The van der Waals surface area contributed by atoms with Crippen molar-refractivity contribution in [1.82, 2.24) is 19.9 Å². The van der Waals surface area contributed by atoms with Crippen LogP contribution in [-0.4, -0.2) is 92.9 Å². The Bertz CT molecular complexity index is 1210. The zero-order valence-corrected chi connectivity index (χ0v) is 30.2. The van der Waals surface area contributed by atoms with E-state index < -0.39 is 47.8 Å². The molecule has 0 aliphatic carbocycles. The van der Waals surface area contributed by atoms with Crippen molar-refractivity contribution in [3.05, 3.63) is 48.6 Å². The molecule has 4 radical (unpaired) electrons. The maximum atomic E-state index is 11.4. The van der Waals surface area contributed by atoms with Crippen molar-refractivity contribution in [3.8, 4) is 0 Å². The van der Waals surface area contributed by atoms with Gasteiger partial charge in [0, 0.05) is 12.4 Å². The number of H-pyrrole nitrogens is 2. The number of carbonyl (C=O) groups is 5. The van der Waals surface area contributed by atoms with Crippen molar-refractivity contribution in [2.24, 2.45) is 5.92 Å². The number of unbranched alkanes of at least 4 members (excludes halogenated alkanes) is 13. The van der Waals surface area contributed by atoms with E-state index in [1.807, 2.05) is 0 Å². The van der Waals surface area contributed by atoms with Crippen LogP contribution in [0.15, 0.2) is 37.2 Å². The Balaban J connectivity index is 0. The second kappa shape index (κ2) is 29.6. The number of imidazole rings is 2. The summed E-state index contributed by atoms with van der Waals surface area (Å²) in [5, 5.41) is 57.1. The Morgan fingerprint density at radius 3 is 1.38 bits per heavy atom. The number of carboxylic acid groups (broad SMARTS) is 5. The van der Waals surface area contributed by atoms with E-state index in [9.17, 15) is 44.4 Å². The molecule has 6 N–H and O–H groups in total. The molecular formula is C34H50N4O11Se. The fourth-order valence-electron chi connectivity index (χ4n) is 4.72. The Morgan fingerprint density at radius 1 is 0.720 bits per heavy atom. The van der Waals surface area contributed by atoms with Crippen LogP contribution in [0.2, 0.25) is 0 Å².